The molecule has 0 aliphatic rings. The Labute approximate surface area is 145 Å². The Bertz CT molecular complexity index is 829. The Morgan fingerprint density at radius 2 is 1.96 bits per heavy atom. The molecule has 0 saturated carbocycles. The number of benzene rings is 1. The summed E-state index contributed by atoms with van der Waals surface area (Å²) in [5.74, 6) is 0.392. The number of hydrogen-bond donors (Lipinski definition) is 1. The molecule has 0 atom stereocenters. The van der Waals surface area contributed by atoms with Gasteiger partial charge in [-0.25, -0.2) is 17.7 Å². The van der Waals surface area contributed by atoms with E-state index < -0.39 is 10.0 Å². The van der Waals surface area contributed by atoms with Gasteiger partial charge in [-0.3, -0.25) is 4.79 Å². The molecule has 0 radical (unpaired) electrons. The summed E-state index contributed by atoms with van der Waals surface area (Å²) < 4.78 is 29.6. The van der Waals surface area contributed by atoms with Crippen molar-refractivity contribution in [3.8, 4) is 5.75 Å². The lowest BCUT2D eigenvalue weighted by atomic mass is 10.3. The van der Waals surface area contributed by atoms with Crippen molar-refractivity contribution in [3.05, 3.63) is 34.8 Å². The first-order chi connectivity index (χ1) is 11.2. The predicted molar refractivity (Wildman–Crippen MR) is 95.7 cm³/mol. The summed E-state index contributed by atoms with van der Waals surface area (Å²) >= 11 is 1.03. The second kappa shape index (κ2) is 7.18. The molecule has 0 unspecified atom stereocenters. The van der Waals surface area contributed by atoms with E-state index in [4.69, 9.17) is 4.74 Å². The molecule has 0 aliphatic carbocycles. The summed E-state index contributed by atoms with van der Waals surface area (Å²) in [6.45, 7) is 4.14. The van der Waals surface area contributed by atoms with E-state index in [1.807, 2.05) is 6.92 Å². The van der Waals surface area contributed by atoms with Crippen LogP contribution in [0.3, 0.4) is 0 Å². The maximum atomic E-state index is 12.4. The van der Waals surface area contributed by atoms with Gasteiger partial charge in [-0.05, 0) is 38.1 Å². The normalized spacial score (nSPS) is 11.2. The maximum absolute atomic E-state index is 12.4. The quantitative estimate of drug-likeness (QED) is 0.845. The summed E-state index contributed by atoms with van der Waals surface area (Å²) in [5, 5.41) is 3.02. The van der Waals surface area contributed by atoms with Crippen LogP contribution in [0, 0.1) is 6.92 Å². The van der Waals surface area contributed by atoms with Crippen LogP contribution in [0.25, 0.3) is 0 Å². The molecular formula is C15H19N3O4S2. The van der Waals surface area contributed by atoms with Crippen molar-refractivity contribution >= 4 is 38.1 Å². The first kappa shape index (κ1) is 18.2. The minimum Gasteiger partial charge on any atom is -0.494 e. The van der Waals surface area contributed by atoms with Gasteiger partial charge in [0.2, 0.25) is 10.0 Å². The van der Waals surface area contributed by atoms with Gasteiger partial charge in [-0.1, -0.05) is 11.3 Å². The van der Waals surface area contributed by atoms with Crippen LogP contribution >= 0.6 is 11.3 Å². The number of carbonyl (C=O) groups excluding carboxylic acids is 1. The molecule has 0 fully saturated rings. The van der Waals surface area contributed by atoms with Crippen LogP contribution in [0.2, 0.25) is 0 Å². The smallest absolute Gasteiger partial charge is 0.267 e. The molecule has 130 valence electrons. The van der Waals surface area contributed by atoms with Crippen molar-refractivity contribution < 1.29 is 17.9 Å². The van der Waals surface area contributed by atoms with Gasteiger partial charge in [0, 0.05) is 12.7 Å². The van der Waals surface area contributed by atoms with Crippen LogP contribution in [0.15, 0.2) is 24.3 Å². The lowest BCUT2D eigenvalue weighted by Crippen LogP contribution is -2.24. The topological polar surface area (TPSA) is 88.6 Å². The number of aryl methyl sites for hydroxylation is 1. The van der Waals surface area contributed by atoms with Gasteiger partial charge in [-0.2, -0.15) is 0 Å². The third-order valence-electron chi connectivity index (χ3n) is 3.18. The van der Waals surface area contributed by atoms with E-state index >= 15 is 0 Å². The van der Waals surface area contributed by atoms with Gasteiger partial charge in [0.15, 0.2) is 5.13 Å². The van der Waals surface area contributed by atoms with Crippen molar-refractivity contribution in [2.45, 2.75) is 13.8 Å². The minimum atomic E-state index is -3.42. The average Bonchev–Trinajstić information content (AvgIpc) is 2.89. The summed E-state index contributed by atoms with van der Waals surface area (Å²) in [7, 11) is -2.01. The van der Waals surface area contributed by atoms with Gasteiger partial charge >= 0.3 is 0 Å². The Balaban J connectivity index is 2.17. The van der Waals surface area contributed by atoms with Crippen molar-refractivity contribution in [2.75, 3.05) is 29.5 Å². The summed E-state index contributed by atoms with van der Waals surface area (Å²) in [6, 6.07) is 7.01. The lowest BCUT2D eigenvalue weighted by Gasteiger charge is -2.11. The molecule has 1 N–H and O–H groups in total. The molecule has 0 spiro atoms. The lowest BCUT2D eigenvalue weighted by molar-refractivity contribution is 0.103. The Morgan fingerprint density at radius 1 is 1.33 bits per heavy atom. The van der Waals surface area contributed by atoms with Crippen LogP contribution in [-0.2, 0) is 10.0 Å². The number of aromatic nitrogens is 1. The van der Waals surface area contributed by atoms with Crippen LogP contribution in [0.5, 0.6) is 5.75 Å². The van der Waals surface area contributed by atoms with Crippen LogP contribution in [-0.4, -0.2) is 39.2 Å². The monoisotopic (exact) mass is 369 g/mol. The highest BCUT2D eigenvalue weighted by atomic mass is 32.2. The molecule has 9 heteroatoms. The summed E-state index contributed by atoms with van der Waals surface area (Å²) in [6.07, 6.45) is 1.09. The third kappa shape index (κ3) is 4.24. The van der Waals surface area contributed by atoms with Gasteiger partial charge < -0.3 is 10.1 Å². The fourth-order valence-corrected chi connectivity index (χ4v) is 3.53. The molecule has 1 aromatic carbocycles. The molecule has 0 bridgehead atoms. The zero-order valence-electron chi connectivity index (χ0n) is 13.9. The first-order valence-electron chi connectivity index (χ1n) is 7.18. The number of thiazole rings is 1. The molecule has 24 heavy (non-hydrogen) atoms. The number of ether oxygens (including phenoxy) is 1. The van der Waals surface area contributed by atoms with Gasteiger partial charge in [0.05, 0.1) is 18.6 Å². The SMILES string of the molecule is CCOc1ccc(NC(=O)c2sc(N(C)S(C)(=O)=O)nc2C)cc1. The molecule has 2 rings (SSSR count). The van der Waals surface area contributed by atoms with Crippen molar-refractivity contribution in [1.29, 1.82) is 0 Å². The number of nitrogens with one attached hydrogen (secondary N) is 1. The molecule has 1 heterocycles. The standard InChI is InChI=1S/C15H19N3O4S2/c1-5-22-12-8-6-11(7-9-12)17-14(19)13-10(2)16-15(23-13)18(3)24(4,20)21/h6-9H,5H2,1-4H3,(H,17,19). The number of hydrogen-bond acceptors (Lipinski definition) is 6. The van der Waals surface area contributed by atoms with E-state index in [9.17, 15) is 13.2 Å². The molecule has 1 amide bonds. The van der Waals surface area contributed by atoms with Crippen LogP contribution in [0.1, 0.15) is 22.3 Å². The molecular weight excluding hydrogens is 350 g/mol. The Kier molecular flexibility index (Phi) is 5.45. The molecule has 0 saturated heterocycles. The first-order valence-corrected chi connectivity index (χ1v) is 9.84. The number of rotatable bonds is 6. The number of anilines is 2. The predicted octanol–water partition coefficient (Wildman–Crippen LogP) is 2.50. The Hall–Kier alpha value is -2.13. The summed E-state index contributed by atoms with van der Waals surface area (Å²) in [5.41, 5.74) is 1.10. The fraction of sp³-hybridized carbons (Fsp3) is 0.333. The molecule has 0 aliphatic heterocycles. The maximum Gasteiger partial charge on any atom is 0.267 e. The Morgan fingerprint density at radius 3 is 2.50 bits per heavy atom. The number of carbonyl (C=O) groups is 1. The number of amides is 1. The number of sulfonamides is 1. The van der Waals surface area contributed by atoms with Gasteiger partial charge in [0.1, 0.15) is 10.6 Å². The van der Waals surface area contributed by atoms with Gasteiger partial charge in [-0.15, -0.1) is 0 Å². The van der Waals surface area contributed by atoms with Crippen molar-refractivity contribution in [3.63, 3.8) is 0 Å². The van der Waals surface area contributed by atoms with E-state index in [2.05, 4.69) is 10.3 Å². The number of nitrogens with zero attached hydrogens (tertiary/aromatic N) is 2. The van der Waals surface area contributed by atoms with E-state index in [1.165, 1.54) is 7.05 Å². The highest BCUT2D eigenvalue weighted by Crippen LogP contribution is 2.27. The zero-order valence-corrected chi connectivity index (χ0v) is 15.5. The minimum absolute atomic E-state index is 0.256. The van der Waals surface area contributed by atoms with E-state index in [-0.39, 0.29) is 11.0 Å². The van der Waals surface area contributed by atoms with E-state index in [1.54, 1.807) is 31.2 Å². The van der Waals surface area contributed by atoms with Crippen molar-refractivity contribution in [1.82, 2.24) is 4.98 Å². The molecule has 7 nitrogen and oxygen atoms in total. The average molecular weight is 369 g/mol. The van der Waals surface area contributed by atoms with E-state index in [0.717, 1.165) is 27.6 Å². The molecule has 1 aromatic heterocycles. The van der Waals surface area contributed by atoms with Crippen molar-refractivity contribution in [2.24, 2.45) is 0 Å². The third-order valence-corrected chi connectivity index (χ3v) is 5.70. The van der Waals surface area contributed by atoms with Crippen LogP contribution < -0.4 is 14.4 Å². The van der Waals surface area contributed by atoms with Gasteiger partial charge in [0.25, 0.3) is 5.91 Å². The second-order valence-electron chi connectivity index (χ2n) is 5.05. The van der Waals surface area contributed by atoms with E-state index in [0.29, 0.717) is 22.9 Å². The fourth-order valence-electron chi connectivity index (χ4n) is 1.86. The second-order valence-corrected chi connectivity index (χ2v) is 8.04. The largest absolute Gasteiger partial charge is 0.494 e. The zero-order chi connectivity index (χ0) is 17.9. The van der Waals surface area contributed by atoms with Crippen LogP contribution in [0.4, 0.5) is 10.8 Å². The summed E-state index contributed by atoms with van der Waals surface area (Å²) in [4.78, 5) is 16.9. The molecule has 2 aromatic rings. The highest BCUT2D eigenvalue weighted by Gasteiger charge is 2.21. The highest BCUT2D eigenvalue weighted by molar-refractivity contribution is 7.92.